The first kappa shape index (κ1) is 25.9. The molecule has 2 heterocycles. The van der Waals surface area contributed by atoms with Crippen LogP contribution in [0.15, 0.2) is 144 Å². The van der Waals surface area contributed by atoms with Gasteiger partial charge in [-0.15, -0.1) is 11.3 Å². The van der Waals surface area contributed by atoms with E-state index in [4.69, 9.17) is 4.42 Å². The maximum Gasteiger partial charge on any atom is 0.136 e. The smallest absolute Gasteiger partial charge is 0.136 e. The summed E-state index contributed by atoms with van der Waals surface area (Å²) in [5.74, 6) is 0. The van der Waals surface area contributed by atoms with Gasteiger partial charge in [-0.25, -0.2) is 0 Å². The normalized spacial score (nSPS) is 13.6. The first-order chi connectivity index (χ1) is 22.5. The molecule has 2 aromatic heterocycles. The zero-order chi connectivity index (χ0) is 30.6. The van der Waals surface area contributed by atoms with Crippen molar-refractivity contribution in [3.05, 3.63) is 151 Å². The fraction of sp³-hybridized carbons (Fsp3) is 0.0698. The molecule has 10 rings (SSSR count). The molecule has 218 valence electrons. The van der Waals surface area contributed by atoms with Crippen LogP contribution in [-0.2, 0) is 5.41 Å². The SMILES string of the molecule is CC1(C)c2ccccc2-c2ccc(N(c3ccc4cc5c(cc4c3)oc3ccccc35)c3ccc4sc5ccccc5c4c3)cc21. The Morgan fingerprint density at radius 1 is 0.478 bits per heavy atom. The van der Waals surface area contributed by atoms with Crippen LogP contribution in [0.1, 0.15) is 25.0 Å². The third-order valence-corrected chi connectivity index (χ3v) is 11.2. The van der Waals surface area contributed by atoms with E-state index in [0.29, 0.717) is 0 Å². The van der Waals surface area contributed by atoms with Gasteiger partial charge in [0.2, 0.25) is 0 Å². The Kier molecular flexibility index (Phi) is 5.25. The molecule has 0 radical (unpaired) electrons. The Labute approximate surface area is 270 Å². The summed E-state index contributed by atoms with van der Waals surface area (Å²) in [5, 5.41) is 7.27. The Morgan fingerprint density at radius 3 is 2.11 bits per heavy atom. The van der Waals surface area contributed by atoms with Gasteiger partial charge in [0, 0.05) is 53.4 Å². The third kappa shape index (κ3) is 3.64. The van der Waals surface area contributed by atoms with Crippen LogP contribution in [0.4, 0.5) is 17.1 Å². The topological polar surface area (TPSA) is 16.4 Å². The number of rotatable bonds is 3. The molecule has 0 atom stereocenters. The Balaban J connectivity index is 1.20. The Morgan fingerprint density at radius 2 is 1.17 bits per heavy atom. The molecule has 1 aliphatic carbocycles. The number of thiophene rings is 1. The predicted octanol–water partition coefficient (Wildman–Crippen LogP) is 12.9. The molecule has 7 aromatic carbocycles. The molecular weight excluding hydrogens is 579 g/mol. The van der Waals surface area contributed by atoms with Crippen LogP contribution < -0.4 is 4.90 Å². The molecule has 0 N–H and O–H groups in total. The summed E-state index contributed by atoms with van der Waals surface area (Å²) >= 11 is 1.86. The summed E-state index contributed by atoms with van der Waals surface area (Å²) in [6.07, 6.45) is 0. The monoisotopic (exact) mass is 607 g/mol. The zero-order valence-corrected chi connectivity index (χ0v) is 26.4. The van der Waals surface area contributed by atoms with E-state index in [1.165, 1.54) is 47.8 Å². The van der Waals surface area contributed by atoms with Crippen molar-refractivity contribution in [2.24, 2.45) is 0 Å². The largest absolute Gasteiger partial charge is 0.456 e. The van der Waals surface area contributed by atoms with Crippen molar-refractivity contribution in [2.75, 3.05) is 4.90 Å². The molecule has 0 spiro atoms. The van der Waals surface area contributed by atoms with Crippen molar-refractivity contribution in [2.45, 2.75) is 19.3 Å². The van der Waals surface area contributed by atoms with Gasteiger partial charge in [-0.05, 0) is 99.8 Å². The molecule has 1 aliphatic rings. The lowest BCUT2D eigenvalue weighted by Gasteiger charge is -2.28. The number of fused-ring (bicyclic) bond motifs is 10. The lowest BCUT2D eigenvalue weighted by atomic mass is 9.82. The highest BCUT2D eigenvalue weighted by Crippen LogP contribution is 2.51. The van der Waals surface area contributed by atoms with Crippen molar-refractivity contribution in [1.82, 2.24) is 0 Å². The fourth-order valence-electron chi connectivity index (χ4n) is 7.73. The molecule has 0 fully saturated rings. The van der Waals surface area contributed by atoms with E-state index in [1.807, 2.05) is 23.5 Å². The van der Waals surface area contributed by atoms with Gasteiger partial charge in [-0.2, -0.15) is 0 Å². The van der Waals surface area contributed by atoms with Gasteiger partial charge < -0.3 is 9.32 Å². The van der Waals surface area contributed by atoms with Crippen LogP contribution in [0.2, 0.25) is 0 Å². The minimum absolute atomic E-state index is 0.0859. The van der Waals surface area contributed by atoms with Crippen LogP contribution >= 0.6 is 11.3 Å². The second-order valence-corrected chi connectivity index (χ2v) is 14.1. The van der Waals surface area contributed by atoms with Crippen LogP contribution in [0.5, 0.6) is 0 Å². The van der Waals surface area contributed by atoms with Crippen LogP contribution in [0.3, 0.4) is 0 Å². The van der Waals surface area contributed by atoms with E-state index in [9.17, 15) is 0 Å². The van der Waals surface area contributed by atoms with Crippen molar-refractivity contribution >= 4 is 81.3 Å². The Bertz CT molecular complexity index is 2690. The molecule has 0 amide bonds. The highest BCUT2D eigenvalue weighted by Gasteiger charge is 2.35. The summed E-state index contributed by atoms with van der Waals surface area (Å²) in [5.41, 5.74) is 10.6. The van der Waals surface area contributed by atoms with Gasteiger partial charge in [-0.1, -0.05) is 86.6 Å². The maximum atomic E-state index is 6.30. The number of para-hydroxylation sites is 1. The second kappa shape index (κ2) is 9.32. The molecule has 2 nitrogen and oxygen atoms in total. The highest BCUT2D eigenvalue weighted by atomic mass is 32.1. The molecule has 0 saturated heterocycles. The first-order valence-electron chi connectivity index (χ1n) is 15.8. The van der Waals surface area contributed by atoms with Crippen molar-refractivity contribution in [1.29, 1.82) is 0 Å². The van der Waals surface area contributed by atoms with Gasteiger partial charge in [0.15, 0.2) is 0 Å². The summed E-state index contributed by atoms with van der Waals surface area (Å²) in [4.78, 5) is 2.42. The van der Waals surface area contributed by atoms with Crippen LogP contribution in [-0.4, -0.2) is 0 Å². The van der Waals surface area contributed by atoms with Crippen LogP contribution in [0.25, 0.3) is 64.0 Å². The molecule has 0 saturated carbocycles. The third-order valence-electron chi connectivity index (χ3n) is 10.0. The molecule has 46 heavy (non-hydrogen) atoms. The van der Waals surface area contributed by atoms with Crippen molar-refractivity contribution < 1.29 is 4.42 Å². The summed E-state index contributed by atoms with van der Waals surface area (Å²) in [6, 6.07) is 51.1. The van der Waals surface area contributed by atoms with E-state index in [1.54, 1.807) is 0 Å². The number of hydrogen-bond donors (Lipinski definition) is 0. The van der Waals surface area contributed by atoms with E-state index in [0.717, 1.165) is 44.4 Å². The van der Waals surface area contributed by atoms with Gasteiger partial charge >= 0.3 is 0 Å². The van der Waals surface area contributed by atoms with E-state index in [-0.39, 0.29) is 5.41 Å². The van der Waals surface area contributed by atoms with E-state index >= 15 is 0 Å². The number of nitrogens with zero attached hydrogens (tertiary/aromatic N) is 1. The summed E-state index contributed by atoms with van der Waals surface area (Å²) < 4.78 is 8.93. The highest BCUT2D eigenvalue weighted by molar-refractivity contribution is 7.25. The number of hydrogen-bond acceptors (Lipinski definition) is 3. The Hall–Kier alpha value is -5.38. The van der Waals surface area contributed by atoms with Gasteiger partial charge in [-0.3, -0.25) is 0 Å². The van der Waals surface area contributed by atoms with Crippen molar-refractivity contribution in [3.63, 3.8) is 0 Å². The molecule has 0 aliphatic heterocycles. The minimum atomic E-state index is -0.0859. The van der Waals surface area contributed by atoms with Gasteiger partial charge in [0.1, 0.15) is 11.2 Å². The molecule has 9 aromatic rings. The summed E-state index contributed by atoms with van der Waals surface area (Å²) in [6.45, 7) is 4.70. The average molecular weight is 608 g/mol. The lowest BCUT2D eigenvalue weighted by Crippen LogP contribution is -2.16. The van der Waals surface area contributed by atoms with Gasteiger partial charge in [0.25, 0.3) is 0 Å². The van der Waals surface area contributed by atoms with Crippen molar-refractivity contribution in [3.8, 4) is 11.1 Å². The van der Waals surface area contributed by atoms with Crippen LogP contribution in [0, 0.1) is 0 Å². The molecule has 0 bridgehead atoms. The minimum Gasteiger partial charge on any atom is -0.456 e. The zero-order valence-electron chi connectivity index (χ0n) is 25.5. The maximum absolute atomic E-state index is 6.30. The number of benzene rings is 7. The summed E-state index contributed by atoms with van der Waals surface area (Å²) in [7, 11) is 0. The quantitative estimate of drug-likeness (QED) is 0.199. The molecule has 3 heteroatoms. The van der Waals surface area contributed by atoms with E-state index in [2.05, 4.69) is 146 Å². The first-order valence-corrected chi connectivity index (χ1v) is 16.7. The molecular formula is C43H29NOS. The number of anilines is 3. The van der Waals surface area contributed by atoms with Gasteiger partial charge in [0.05, 0.1) is 0 Å². The van der Waals surface area contributed by atoms with E-state index < -0.39 is 0 Å². The second-order valence-electron chi connectivity index (χ2n) is 13.0. The molecule has 0 unspecified atom stereocenters. The fourth-order valence-corrected chi connectivity index (χ4v) is 8.81. The predicted molar refractivity (Wildman–Crippen MR) is 196 cm³/mol. The standard InChI is InChI=1S/C43H29NOS/c1-43(2)37-12-6-3-9-31(37)32-19-17-30(25-38(32)43)44(29-18-20-42-36(24-29)34-11-5-8-14-41(34)46-42)28-16-15-26-22-35-33-10-4-7-13-39(33)45-40(35)23-27(26)21-28/h3-25H,1-2H3. The number of furan rings is 1. The lowest BCUT2D eigenvalue weighted by molar-refractivity contribution is 0.660. The average Bonchev–Trinajstić information content (AvgIpc) is 3.71.